The van der Waals surface area contributed by atoms with Crippen molar-refractivity contribution in [3.63, 3.8) is 0 Å². The molecular weight excluding hydrogens is 619 g/mol. The normalized spacial score (nSPS) is 20.4. The fourth-order valence-electron chi connectivity index (χ4n) is 6.34. The Hall–Kier alpha value is -6.84. The van der Waals surface area contributed by atoms with Gasteiger partial charge in [0.15, 0.2) is 0 Å². The van der Waals surface area contributed by atoms with Gasteiger partial charge in [-0.15, -0.1) is 0 Å². The summed E-state index contributed by atoms with van der Waals surface area (Å²) in [5, 5.41) is -3.72. The van der Waals surface area contributed by atoms with Crippen LogP contribution in [0.2, 0.25) is 0 Å². The minimum absolute atomic E-state index is 0.500. The number of nitrogens with zero attached hydrogens (tertiary/aromatic N) is 3. The second-order valence-corrected chi connectivity index (χ2v) is 11.0. The van der Waals surface area contributed by atoms with Gasteiger partial charge in [0, 0.05) is 43.7 Å². The van der Waals surface area contributed by atoms with E-state index in [9.17, 15) is 19.2 Å². The molecule has 3 nitrogen and oxygen atoms in total. The molecule has 0 fully saturated rings. The number of aromatic nitrogens is 3. The molecule has 0 spiro atoms. The summed E-state index contributed by atoms with van der Waals surface area (Å²) in [5.41, 5.74) is -8.57. The van der Waals surface area contributed by atoms with Gasteiger partial charge in [0.1, 0.15) is 0 Å². The van der Waals surface area contributed by atoms with Crippen molar-refractivity contribution in [2.45, 2.75) is 0 Å². The van der Waals surface area contributed by atoms with Gasteiger partial charge in [-0.25, -0.2) is 0 Å². The highest BCUT2D eigenvalue weighted by Crippen LogP contribution is 2.41. The summed E-state index contributed by atoms with van der Waals surface area (Å²) in [5.74, 6) is 0. The fraction of sp³-hybridized carbons (Fsp3) is 0. The van der Waals surface area contributed by atoms with Crippen molar-refractivity contribution < 1.29 is 42.5 Å². The molecule has 0 atom stereocenters. The number of fused-ring (bicyclic) bond motifs is 9. The summed E-state index contributed by atoms with van der Waals surface area (Å²) in [7, 11) is 0. The second-order valence-electron chi connectivity index (χ2n) is 11.0. The minimum atomic E-state index is -1.13. The lowest BCUT2D eigenvalue weighted by Crippen LogP contribution is -2.01. The van der Waals surface area contributed by atoms with E-state index in [-0.39, 0.29) is 0 Å². The molecule has 0 saturated carbocycles. The molecule has 0 unspecified atom stereocenters. The molecule has 51 heavy (non-hydrogen) atoms. The molecule has 0 aliphatic heterocycles. The van der Waals surface area contributed by atoms with Crippen LogP contribution in [-0.4, -0.2) is 13.7 Å². The van der Waals surface area contributed by atoms with Gasteiger partial charge in [0.2, 0.25) is 0 Å². The zero-order valence-corrected chi connectivity index (χ0v) is 25.3. The van der Waals surface area contributed by atoms with Gasteiger partial charge in [-0.3, -0.25) is 0 Å². The van der Waals surface area contributed by atoms with Crippen molar-refractivity contribution in [3.05, 3.63) is 187 Å². The third-order valence-corrected chi connectivity index (χ3v) is 8.40. The highest BCUT2D eigenvalue weighted by molar-refractivity contribution is 6.16. The van der Waals surface area contributed by atoms with E-state index in [1.54, 1.807) is 0 Å². The maximum absolute atomic E-state index is 10.1. The number of benzene rings is 8. The maximum atomic E-state index is 10.1. The maximum Gasteiger partial charge on any atom is 0.0782 e. The van der Waals surface area contributed by atoms with Crippen LogP contribution in [0.15, 0.2) is 187 Å². The first-order chi connectivity index (χ1) is 38.2. The zero-order valence-electron chi connectivity index (χ0n) is 56.3. The largest absolute Gasteiger partial charge is 0.309 e. The standard InChI is InChI=1S/C48H31N3/c1-2-13-32(14-3-1)33-25-27-34(28-26-33)50-44-22-10-6-17-38(44)40-19-12-24-47(48(40)50)51-45-23-11-7-18-39(45)41-31-35(29-30-46(41)51)49-42-20-8-4-15-36(42)37-16-5-9-21-43(37)49/h1-31H/i1D,2D,3D,4D,5D,6D,7D,8D,9D,10D,11D,12D,13D,14D,15D,16D,17D,18D,19D,20D,21D,22D,23D,24D,25D,26D,27D,28D,29D,30D,31D. The summed E-state index contributed by atoms with van der Waals surface area (Å²) in [6.07, 6.45) is 0. The van der Waals surface area contributed by atoms with E-state index < -0.39 is 281 Å². The van der Waals surface area contributed by atoms with Gasteiger partial charge in [-0.2, -0.15) is 0 Å². The summed E-state index contributed by atoms with van der Waals surface area (Å²) in [4.78, 5) is 0. The predicted molar refractivity (Wildman–Crippen MR) is 215 cm³/mol. The Labute approximate surface area is 338 Å². The zero-order chi connectivity index (χ0) is 60.4. The van der Waals surface area contributed by atoms with E-state index in [1.807, 2.05) is 0 Å². The fourth-order valence-corrected chi connectivity index (χ4v) is 6.34. The SMILES string of the molecule is [2H]c1c([2H])c([2H])c(-c2c([2H])c([2H])c(-n3c4c([2H])c([2H])c([2H])c([2H])c4c4c([2H])c([2H])c([2H])c(-n5c6c([2H])c([2H])c([2H])c([2H])c6c6c([2H])c(-n7c8c([2H])c([2H])c([2H])c([2H])c8c8c([2H])c([2H])c([2H])c([2H])c87)c([2H])c([2H])c65)c43)c([2H])c2[2H])c([2H])c1[2H]. The average Bonchev–Trinajstić information content (AvgIpc) is 3.15. The van der Waals surface area contributed by atoms with E-state index >= 15 is 0 Å². The molecule has 0 amide bonds. The first-order valence-electron chi connectivity index (χ1n) is 30.5. The van der Waals surface area contributed by atoms with E-state index in [0.29, 0.717) is 9.13 Å². The van der Waals surface area contributed by atoms with Crippen LogP contribution in [0.4, 0.5) is 0 Å². The average molecular weight is 681 g/mol. The molecular formula is C48H31N3. The molecule has 0 saturated heterocycles. The quantitative estimate of drug-likeness (QED) is 0.176. The lowest BCUT2D eigenvalue weighted by molar-refractivity contribution is 1.13. The van der Waals surface area contributed by atoms with E-state index in [4.69, 9.17) is 23.3 Å². The Bertz CT molecular complexity index is 4800. The third kappa shape index (κ3) is 4.06. The molecule has 11 aromatic rings. The van der Waals surface area contributed by atoms with Gasteiger partial charge < -0.3 is 13.7 Å². The van der Waals surface area contributed by atoms with Crippen LogP contribution < -0.4 is 0 Å². The first-order valence-corrected chi connectivity index (χ1v) is 15.0. The minimum Gasteiger partial charge on any atom is -0.309 e. The molecule has 0 radical (unpaired) electrons. The third-order valence-electron chi connectivity index (χ3n) is 8.40. The monoisotopic (exact) mass is 680 g/mol. The van der Waals surface area contributed by atoms with Crippen LogP contribution in [-0.2, 0) is 0 Å². The molecule has 0 aliphatic rings. The number of hydrogen-bond acceptors (Lipinski definition) is 0. The summed E-state index contributed by atoms with van der Waals surface area (Å²) in [6.45, 7) is 0. The predicted octanol–water partition coefficient (Wildman–Crippen LogP) is 12.6. The highest BCUT2D eigenvalue weighted by atomic mass is 15.1. The molecule has 11 rings (SSSR count). The molecule has 3 heteroatoms. The van der Waals surface area contributed by atoms with Crippen LogP contribution >= 0.6 is 0 Å². The molecule has 3 aromatic heterocycles. The van der Waals surface area contributed by atoms with Gasteiger partial charge in [-0.05, 0) is 71.6 Å². The van der Waals surface area contributed by atoms with Crippen molar-refractivity contribution in [2.75, 3.05) is 0 Å². The van der Waals surface area contributed by atoms with Crippen molar-refractivity contribution in [2.24, 2.45) is 0 Å². The van der Waals surface area contributed by atoms with Crippen LogP contribution in [0.5, 0.6) is 0 Å². The molecule has 3 heterocycles. The Morgan fingerprint density at radius 1 is 0.294 bits per heavy atom. The molecule has 0 bridgehead atoms. The van der Waals surface area contributed by atoms with Crippen LogP contribution in [0.3, 0.4) is 0 Å². The second kappa shape index (κ2) is 10.8. The van der Waals surface area contributed by atoms with E-state index in [1.165, 1.54) is 0 Å². The first kappa shape index (κ1) is 11.3. The van der Waals surface area contributed by atoms with Gasteiger partial charge in [0.25, 0.3) is 0 Å². The van der Waals surface area contributed by atoms with Gasteiger partial charge in [-0.1, -0.05) is 127 Å². The number of hydrogen-bond donors (Lipinski definition) is 0. The lowest BCUT2D eigenvalue weighted by atomic mass is 10.1. The van der Waals surface area contributed by atoms with Gasteiger partial charge in [0.05, 0.1) is 81.3 Å². The van der Waals surface area contributed by atoms with Crippen molar-refractivity contribution in [3.8, 4) is 28.2 Å². The Balaban J connectivity index is 1.43. The van der Waals surface area contributed by atoms with Gasteiger partial charge >= 0.3 is 0 Å². The number of para-hydroxylation sites is 5. The van der Waals surface area contributed by atoms with E-state index in [2.05, 4.69) is 0 Å². The highest BCUT2D eigenvalue weighted by Gasteiger charge is 2.21. The summed E-state index contributed by atoms with van der Waals surface area (Å²) >= 11 is 0. The Morgan fingerprint density at radius 3 is 1.39 bits per heavy atom. The Kier molecular flexibility index (Phi) is 2.41. The topological polar surface area (TPSA) is 14.8 Å². The number of rotatable bonds is 4. The smallest absolute Gasteiger partial charge is 0.0782 e. The van der Waals surface area contributed by atoms with Crippen LogP contribution in [0.1, 0.15) is 42.5 Å². The van der Waals surface area contributed by atoms with E-state index in [0.717, 1.165) is 4.57 Å². The molecule has 238 valence electrons. The van der Waals surface area contributed by atoms with Crippen molar-refractivity contribution >= 4 is 65.4 Å². The molecule has 8 aromatic carbocycles. The van der Waals surface area contributed by atoms with Crippen molar-refractivity contribution in [1.29, 1.82) is 0 Å². The van der Waals surface area contributed by atoms with Crippen molar-refractivity contribution in [1.82, 2.24) is 13.7 Å². The summed E-state index contributed by atoms with van der Waals surface area (Å²) < 4.78 is 283. The Morgan fingerprint density at radius 2 is 0.745 bits per heavy atom. The van der Waals surface area contributed by atoms with Crippen LogP contribution in [0, 0.1) is 0 Å². The lowest BCUT2D eigenvalue weighted by Gasteiger charge is -2.15. The molecule has 0 N–H and O–H groups in total. The summed E-state index contributed by atoms with van der Waals surface area (Å²) in [6, 6.07) is -30.0. The van der Waals surface area contributed by atoms with Crippen LogP contribution in [0.25, 0.3) is 93.6 Å². The molecule has 0 aliphatic carbocycles.